The van der Waals surface area contributed by atoms with Gasteiger partial charge in [0.25, 0.3) is 5.91 Å². The van der Waals surface area contributed by atoms with Gasteiger partial charge in [0.1, 0.15) is 23.1 Å². The molecule has 2 aromatic carbocycles. The summed E-state index contributed by atoms with van der Waals surface area (Å²) >= 11 is 0. The van der Waals surface area contributed by atoms with Crippen LogP contribution in [-0.4, -0.2) is 33.2 Å². The average Bonchev–Trinajstić information content (AvgIpc) is 2.77. The van der Waals surface area contributed by atoms with Gasteiger partial charge in [-0.05, 0) is 49.8 Å². The van der Waals surface area contributed by atoms with E-state index in [0.29, 0.717) is 11.5 Å². The third kappa shape index (κ3) is 5.76. The Labute approximate surface area is 172 Å². The van der Waals surface area contributed by atoms with E-state index in [0.717, 1.165) is 29.9 Å². The summed E-state index contributed by atoms with van der Waals surface area (Å²) < 4.78 is 10.5. The summed E-state index contributed by atoms with van der Waals surface area (Å²) in [6.45, 7) is 6.30. The Hall–Kier alpha value is -3.46. The highest BCUT2D eigenvalue weighted by atomic mass is 16.5. The molecule has 2 aromatic rings. The molecule has 29 heavy (non-hydrogen) atoms. The second-order valence-corrected chi connectivity index (χ2v) is 6.29. The van der Waals surface area contributed by atoms with Crippen LogP contribution in [0.25, 0.3) is 6.08 Å². The maximum absolute atomic E-state index is 12.5. The van der Waals surface area contributed by atoms with Gasteiger partial charge in [0.2, 0.25) is 0 Å². The molecular weight excluding hydrogens is 366 g/mol. The monoisotopic (exact) mass is 393 g/mol. The topological polar surface area (TPSA) is 74.6 Å². The zero-order valence-electron chi connectivity index (χ0n) is 17.4. The Morgan fingerprint density at radius 3 is 2.34 bits per heavy atom. The zero-order valence-corrected chi connectivity index (χ0v) is 17.4. The molecule has 0 aliphatic carbocycles. The van der Waals surface area contributed by atoms with E-state index in [1.165, 1.54) is 0 Å². The fraction of sp³-hybridized carbons (Fsp3) is 0.304. The molecule has 6 nitrogen and oxygen atoms in total. The minimum absolute atomic E-state index is 0.0491. The number of amides is 1. The lowest BCUT2D eigenvalue weighted by Gasteiger charge is -2.20. The van der Waals surface area contributed by atoms with Crippen LogP contribution in [0.4, 0.5) is 5.69 Å². The molecule has 0 spiro atoms. The molecule has 0 unspecified atom stereocenters. The largest absolute Gasteiger partial charge is 0.497 e. The molecule has 6 heteroatoms. The molecule has 0 fully saturated rings. The van der Waals surface area contributed by atoms with Crippen LogP contribution < -0.4 is 19.7 Å². The Balaban J connectivity index is 2.10. The number of nitrogens with zero attached hydrogens (tertiary/aromatic N) is 2. The Morgan fingerprint density at radius 1 is 1.10 bits per heavy atom. The molecule has 0 saturated heterocycles. The molecular formula is C23H27N3O3. The molecule has 0 saturated carbocycles. The van der Waals surface area contributed by atoms with Crippen LogP contribution in [0.15, 0.2) is 48.0 Å². The van der Waals surface area contributed by atoms with Crippen molar-refractivity contribution in [2.45, 2.75) is 20.4 Å². The molecule has 0 heterocycles. The highest BCUT2D eigenvalue weighted by Gasteiger charge is 2.11. The summed E-state index contributed by atoms with van der Waals surface area (Å²) in [5.41, 5.74) is 2.76. The van der Waals surface area contributed by atoms with Gasteiger partial charge in [-0.2, -0.15) is 5.26 Å². The number of nitriles is 1. The van der Waals surface area contributed by atoms with Gasteiger partial charge in [-0.25, -0.2) is 0 Å². The number of nitrogens with one attached hydrogen (secondary N) is 1. The molecule has 0 aliphatic heterocycles. The van der Waals surface area contributed by atoms with Gasteiger partial charge in [-0.15, -0.1) is 0 Å². The normalized spacial score (nSPS) is 10.8. The number of methoxy groups -OCH3 is 2. The van der Waals surface area contributed by atoms with Crippen molar-refractivity contribution in [2.75, 3.05) is 32.2 Å². The maximum atomic E-state index is 12.5. The number of hydrogen-bond acceptors (Lipinski definition) is 5. The lowest BCUT2D eigenvalue weighted by Crippen LogP contribution is -2.24. The molecule has 0 atom stereocenters. The fourth-order valence-electron chi connectivity index (χ4n) is 2.95. The lowest BCUT2D eigenvalue weighted by molar-refractivity contribution is -0.117. The van der Waals surface area contributed by atoms with Crippen LogP contribution >= 0.6 is 0 Å². The van der Waals surface area contributed by atoms with Crippen LogP contribution in [-0.2, 0) is 11.3 Å². The number of carbonyl (C=O) groups excluding carboxylic acids is 1. The zero-order chi connectivity index (χ0) is 21.2. The molecule has 0 bridgehead atoms. The van der Waals surface area contributed by atoms with Gasteiger partial charge < -0.3 is 19.7 Å². The minimum Gasteiger partial charge on any atom is -0.497 e. The maximum Gasteiger partial charge on any atom is 0.262 e. The van der Waals surface area contributed by atoms with Crippen LogP contribution in [0.2, 0.25) is 0 Å². The van der Waals surface area contributed by atoms with Crippen molar-refractivity contribution in [2.24, 2.45) is 0 Å². The highest BCUT2D eigenvalue weighted by molar-refractivity contribution is 6.01. The van der Waals surface area contributed by atoms with E-state index in [-0.39, 0.29) is 12.1 Å². The van der Waals surface area contributed by atoms with Crippen molar-refractivity contribution in [1.82, 2.24) is 5.32 Å². The van der Waals surface area contributed by atoms with Crippen molar-refractivity contribution >= 4 is 17.7 Å². The summed E-state index contributed by atoms with van der Waals surface area (Å²) in [6, 6.07) is 15.1. The number of rotatable bonds is 9. The van der Waals surface area contributed by atoms with E-state index < -0.39 is 5.91 Å². The lowest BCUT2D eigenvalue weighted by atomic mass is 10.1. The second-order valence-electron chi connectivity index (χ2n) is 6.29. The summed E-state index contributed by atoms with van der Waals surface area (Å²) in [6.07, 6.45) is 1.59. The summed E-state index contributed by atoms with van der Waals surface area (Å²) in [4.78, 5) is 14.7. The quantitative estimate of drug-likeness (QED) is 0.518. The third-order valence-corrected chi connectivity index (χ3v) is 4.63. The van der Waals surface area contributed by atoms with Crippen LogP contribution in [0.3, 0.4) is 0 Å². The first-order valence-electron chi connectivity index (χ1n) is 9.52. The molecule has 0 radical (unpaired) electrons. The van der Waals surface area contributed by atoms with Crippen LogP contribution in [0, 0.1) is 11.3 Å². The van der Waals surface area contributed by atoms with Crippen molar-refractivity contribution < 1.29 is 14.3 Å². The van der Waals surface area contributed by atoms with Gasteiger partial charge >= 0.3 is 0 Å². The standard InChI is InChI=1S/C23H27N3O3/c1-5-26(6-2)20-10-7-17(8-11-20)13-19(15-24)23(27)25-16-18-9-12-21(28-3)14-22(18)29-4/h7-14H,5-6,16H2,1-4H3,(H,25,27)/b19-13+. The van der Waals surface area contributed by atoms with Crippen molar-refractivity contribution in [3.63, 3.8) is 0 Å². The Morgan fingerprint density at radius 2 is 1.79 bits per heavy atom. The summed E-state index contributed by atoms with van der Waals surface area (Å²) in [5, 5.41) is 12.2. The number of anilines is 1. The number of ether oxygens (including phenoxy) is 2. The molecule has 0 aromatic heterocycles. The van der Waals surface area contributed by atoms with E-state index in [9.17, 15) is 10.1 Å². The first-order valence-corrected chi connectivity index (χ1v) is 9.52. The van der Waals surface area contributed by atoms with Gasteiger partial charge in [0.15, 0.2) is 0 Å². The summed E-state index contributed by atoms with van der Waals surface area (Å²) in [7, 11) is 3.14. The van der Waals surface area contributed by atoms with Gasteiger partial charge in [0, 0.05) is 37.0 Å². The number of carbonyl (C=O) groups is 1. The minimum atomic E-state index is -0.432. The van der Waals surface area contributed by atoms with Crippen molar-refractivity contribution in [1.29, 1.82) is 5.26 Å². The average molecular weight is 393 g/mol. The first kappa shape index (κ1) is 21.8. The van der Waals surface area contributed by atoms with E-state index in [1.54, 1.807) is 32.4 Å². The predicted octanol–water partition coefficient (Wildman–Crippen LogP) is 3.77. The smallest absolute Gasteiger partial charge is 0.262 e. The van der Waals surface area contributed by atoms with Crippen LogP contribution in [0.5, 0.6) is 11.5 Å². The van der Waals surface area contributed by atoms with Gasteiger partial charge in [-0.1, -0.05) is 12.1 Å². The molecule has 0 aliphatic rings. The highest BCUT2D eigenvalue weighted by Crippen LogP contribution is 2.24. The van der Waals surface area contributed by atoms with E-state index in [4.69, 9.17) is 9.47 Å². The predicted molar refractivity (Wildman–Crippen MR) is 115 cm³/mol. The fourth-order valence-corrected chi connectivity index (χ4v) is 2.95. The molecule has 2 rings (SSSR count). The third-order valence-electron chi connectivity index (χ3n) is 4.63. The second kappa shape index (κ2) is 10.8. The van der Waals surface area contributed by atoms with Crippen molar-refractivity contribution in [3.05, 3.63) is 59.2 Å². The Kier molecular flexibility index (Phi) is 8.11. The molecule has 1 amide bonds. The van der Waals surface area contributed by atoms with E-state index >= 15 is 0 Å². The van der Waals surface area contributed by atoms with Gasteiger partial charge in [0.05, 0.1) is 14.2 Å². The van der Waals surface area contributed by atoms with Gasteiger partial charge in [-0.3, -0.25) is 4.79 Å². The van der Waals surface area contributed by atoms with Crippen molar-refractivity contribution in [3.8, 4) is 17.6 Å². The summed E-state index contributed by atoms with van der Waals surface area (Å²) in [5.74, 6) is 0.847. The number of hydrogen-bond donors (Lipinski definition) is 1. The van der Waals surface area contributed by atoms with E-state index in [1.807, 2.05) is 36.4 Å². The SMILES string of the molecule is CCN(CC)c1ccc(/C=C(\C#N)C(=O)NCc2ccc(OC)cc2OC)cc1. The Bertz CT molecular complexity index is 895. The van der Waals surface area contributed by atoms with Crippen LogP contribution in [0.1, 0.15) is 25.0 Å². The number of benzene rings is 2. The van der Waals surface area contributed by atoms with E-state index in [2.05, 4.69) is 24.1 Å². The molecule has 152 valence electrons. The molecule has 1 N–H and O–H groups in total. The first-order chi connectivity index (χ1) is 14.1.